The lowest BCUT2D eigenvalue weighted by molar-refractivity contribution is -0.120. The van der Waals surface area contributed by atoms with Crippen LogP contribution in [0.15, 0.2) is 176 Å². The number of ether oxygens (including phenoxy) is 1. The average molecular weight is 625 g/mol. The third-order valence-corrected chi connectivity index (χ3v) is 9.19. The van der Waals surface area contributed by atoms with Gasteiger partial charge in [-0.25, -0.2) is 0 Å². The van der Waals surface area contributed by atoms with E-state index in [9.17, 15) is 4.79 Å². The minimum absolute atomic E-state index is 0.160. The van der Waals surface area contributed by atoms with E-state index in [1.54, 1.807) is 4.90 Å². The molecule has 0 unspecified atom stereocenters. The summed E-state index contributed by atoms with van der Waals surface area (Å²) in [6.45, 7) is 0. The summed E-state index contributed by atoms with van der Waals surface area (Å²) in [5.74, 6) is 0.134. The van der Waals surface area contributed by atoms with Gasteiger partial charge in [0.05, 0.1) is 23.0 Å². The van der Waals surface area contributed by atoms with E-state index in [1.807, 2.05) is 181 Å². The number of carbonyl (C=O) groups is 2. The van der Waals surface area contributed by atoms with E-state index in [0.29, 0.717) is 28.3 Å². The quantitative estimate of drug-likeness (QED) is 0.192. The lowest BCUT2D eigenvalue weighted by Crippen LogP contribution is -2.55. The summed E-state index contributed by atoms with van der Waals surface area (Å²) in [4.78, 5) is 33.9. The van der Waals surface area contributed by atoms with Gasteiger partial charge in [0.1, 0.15) is 5.76 Å². The van der Waals surface area contributed by atoms with Gasteiger partial charge >= 0.3 is 0 Å². The van der Waals surface area contributed by atoms with Gasteiger partial charge in [-0.15, -0.1) is 0 Å². The van der Waals surface area contributed by atoms with Gasteiger partial charge < -0.3 is 4.74 Å². The summed E-state index contributed by atoms with van der Waals surface area (Å²) >= 11 is 0. The molecule has 6 aromatic carbocycles. The molecule has 0 saturated heterocycles. The predicted molar refractivity (Wildman–Crippen MR) is 190 cm³/mol. The number of fused-ring (bicyclic) bond motifs is 3. The molecule has 0 spiro atoms. The van der Waals surface area contributed by atoms with Crippen LogP contribution in [0.1, 0.15) is 45.1 Å². The molecule has 0 fully saturated rings. The van der Waals surface area contributed by atoms with Gasteiger partial charge in [-0.2, -0.15) is 0 Å². The van der Waals surface area contributed by atoms with E-state index in [4.69, 9.17) is 4.74 Å². The Balaban J connectivity index is 1.46. The minimum Gasteiger partial charge on any atom is -0.462 e. The fraction of sp³-hybridized carbons (Fsp3) is 0.0698. The van der Waals surface area contributed by atoms with Crippen LogP contribution in [0, 0.1) is 0 Å². The van der Waals surface area contributed by atoms with Crippen molar-refractivity contribution in [1.29, 1.82) is 0 Å². The lowest BCUT2D eigenvalue weighted by atomic mass is 9.86. The number of hydrogen-bond donors (Lipinski definition) is 0. The number of carbonyl (C=O) groups excluding carboxylic acids is 2. The van der Waals surface area contributed by atoms with Crippen molar-refractivity contribution in [1.82, 2.24) is 0 Å². The van der Waals surface area contributed by atoms with E-state index >= 15 is 4.79 Å². The van der Waals surface area contributed by atoms with Crippen LogP contribution in [-0.4, -0.2) is 11.8 Å². The van der Waals surface area contributed by atoms with Crippen LogP contribution in [-0.2, 0) is 15.3 Å². The normalized spacial score (nSPS) is 18.8. The van der Waals surface area contributed by atoms with E-state index in [-0.39, 0.29) is 18.2 Å². The first-order valence-corrected chi connectivity index (χ1v) is 16.1. The smallest absolute Gasteiger partial charge is 0.266 e. The molecule has 0 aliphatic carbocycles. The number of nitrogens with zero attached hydrogens (tertiary/aromatic N) is 2. The molecule has 232 valence electrons. The molecule has 5 nitrogen and oxygen atoms in total. The van der Waals surface area contributed by atoms with Crippen molar-refractivity contribution in [3.8, 4) is 0 Å². The monoisotopic (exact) mass is 624 g/mol. The van der Waals surface area contributed by atoms with Crippen LogP contribution in [0.5, 0.6) is 0 Å². The van der Waals surface area contributed by atoms with Crippen molar-refractivity contribution < 1.29 is 14.3 Å². The lowest BCUT2D eigenvalue weighted by Gasteiger charge is -2.48. The number of hydrogen-bond acceptors (Lipinski definition) is 3. The number of benzene rings is 6. The molecular formula is C43H32N2O3. The van der Waals surface area contributed by atoms with Gasteiger partial charge in [-0.3, -0.25) is 19.4 Å². The highest BCUT2D eigenvalue weighted by atomic mass is 16.5. The minimum atomic E-state index is -1.33. The largest absolute Gasteiger partial charge is 0.462 e. The molecule has 0 saturated carbocycles. The van der Waals surface area contributed by atoms with E-state index in [1.165, 1.54) is 0 Å². The molecule has 0 N–H and O–H groups in total. The number of amides is 2. The first-order valence-electron chi connectivity index (χ1n) is 16.1. The SMILES string of the molecule is O=C(c1ccccc1)N1c2ccccc2N2C(=O)C(c3ccccc3)=C(c3ccccc3)O[C@@]2(c2ccccc2)C[C@@H]1c1ccccc1. The molecule has 0 aromatic heterocycles. The van der Waals surface area contributed by atoms with Crippen molar-refractivity contribution in [2.45, 2.75) is 18.2 Å². The molecule has 5 heteroatoms. The van der Waals surface area contributed by atoms with Gasteiger partial charge in [0.25, 0.3) is 11.8 Å². The number of rotatable bonds is 5. The highest BCUT2D eigenvalue weighted by molar-refractivity contribution is 6.33. The Labute approximate surface area is 280 Å². The first-order chi connectivity index (χ1) is 23.7. The highest BCUT2D eigenvalue weighted by Gasteiger charge is 2.56. The van der Waals surface area contributed by atoms with Gasteiger partial charge in [0.15, 0.2) is 0 Å². The van der Waals surface area contributed by atoms with Crippen molar-refractivity contribution in [2.24, 2.45) is 0 Å². The average Bonchev–Trinajstić information content (AvgIpc) is 3.30. The fourth-order valence-electron chi connectivity index (χ4n) is 7.02. The Morgan fingerprint density at radius 1 is 0.583 bits per heavy atom. The zero-order valence-electron chi connectivity index (χ0n) is 26.1. The number of para-hydroxylation sites is 2. The molecule has 0 bridgehead atoms. The molecule has 2 amide bonds. The highest BCUT2D eigenvalue weighted by Crippen LogP contribution is 2.56. The summed E-state index contributed by atoms with van der Waals surface area (Å²) in [6, 6.07) is 55.9. The first kappa shape index (κ1) is 29.2. The molecule has 2 atom stereocenters. The van der Waals surface area contributed by atoms with Crippen LogP contribution in [0.25, 0.3) is 11.3 Å². The topological polar surface area (TPSA) is 49.9 Å². The summed E-state index contributed by atoms with van der Waals surface area (Å²) in [5, 5.41) is 0. The molecule has 0 radical (unpaired) electrons. The van der Waals surface area contributed by atoms with E-state index < -0.39 is 11.8 Å². The van der Waals surface area contributed by atoms with E-state index in [0.717, 1.165) is 22.3 Å². The standard InChI is InChI=1S/C43H32N2O3/c46-41(34-24-12-4-13-25-34)44-36-28-16-17-29-37(36)45-42(47)39(32-20-8-2-9-21-32)40(33-22-10-3-11-23-33)48-43(45,35-26-14-5-15-27-35)30-38(44)31-18-6-1-7-19-31/h1-29,38H,30H2/t38-,43-/m1/s1. The second kappa shape index (κ2) is 12.2. The maximum atomic E-state index is 15.5. The summed E-state index contributed by atoms with van der Waals surface area (Å²) < 4.78 is 7.46. The Morgan fingerprint density at radius 2 is 1.08 bits per heavy atom. The van der Waals surface area contributed by atoms with Crippen LogP contribution >= 0.6 is 0 Å². The third-order valence-electron chi connectivity index (χ3n) is 9.19. The molecule has 6 aromatic rings. The Bertz CT molecular complexity index is 2120. The zero-order chi connectivity index (χ0) is 32.5. The molecule has 2 aliphatic heterocycles. The second-order valence-corrected chi connectivity index (χ2v) is 12.0. The molecule has 2 aliphatic rings. The Hall–Kier alpha value is -6.20. The summed E-state index contributed by atoms with van der Waals surface area (Å²) in [6.07, 6.45) is 0.262. The Kier molecular flexibility index (Phi) is 7.42. The van der Waals surface area contributed by atoms with Crippen LogP contribution in [0.2, 0.25) is 0 Å². The van der Waals surface area contributed by atoms with Gasteiger partial charge in [0, 0.05) is 23.1 Å². The van der Waals surface area contributed by atoms with Crippen molar-refractivity contribution >= 4 is 34.5 Å². The van der Waals surface area contributed by atoms with E-state index in [2.05, 4.69) is 0 Å². The Morgan fingerprint density at radius 3 is 1.71 bits per heavy atom. The third kappa shape index (κ3) is 4.88. The molecule has 48 heavy (non-hydrogen) atoms. The van der Waals surface area contributed by atoms with Gasteiger partial charge in [-0.1, -0.05) is 152 Å². The van der Waals surface area contributed by atoms with Crippen molar-refractivity contribution in [3.05, 3.63) is 204 Å². The summed E-state index contributed by atoms with van der Waals surface area (Å²) in [7, 11) is 0. The zero-order valence-corrected chi connectivity index (χ0v) is 26.1. The van der Waals surface area contributed by atoms with Crippen molar-refractivity contribution in [2.75, 3.05) is 9.80 Å². The van der Waals surface area contributed by atoms with Gasteiger partial charge in [0.2, 0.25) is 5.72 Å². The maximum absolute atomic E-state index is 15.5. The van der Waals surface area contributed by atoms with Crippen molar-refractivity contribution in [3.63, 3.8) is 0 Å². The summed E-state index contributed by atoms with van der Waals surface area (Å²) in [5.41, 5.74) is 4.20. The second-order valence-electron chi connectivity index (χ2n) is 12.0. The van der Waals surface area contributed by atoms with Crippen LogP contribution < -0.4 is 9.80 Å². The molecular weight excluding hydrogens is 592 g/mol. The van der Waals surface area contributed by atoms with Crippen LogP contribution in [0.4, 0.5) is 11.4 Å². The van der Waals surface area contributed by atoms with Gasteiger partial charge in [-0.05, 0) is 35.4 Å². The molecule has 2 heterocycles. The van der Waals surface area contributed by atoms with Crippen LogP contribution in [0.3, 0.4) is 0 Å². The fourth-order valence-corrected chi connectivity index (χ4v) is 7.02. The number of anilines is 2. The molecule has 8 rings (SSSR count). The predicted octanol–water partition coefficient (Wildman–Crippen LogP) is 9.26. The maximum Gasteiger partial charge on any atom is 0.266 e.